The lowest BCUT2D eigenvalue weighted by atomic mass is 9.72. The fourth-order valence-corrected chi connectivity index (χ4v) is 8.92. The summed E-state index contributed by atoms with van der Waals surface area (Å²) in [5, 5.41) is 18.5. The summed E-state index contributed by atoms with van der Waals surface area (Å²) in [4.78, 5) is 25.9. The Morgan fingerprint density at radius 3 is 2.51 bits per heavy atom. The van der Waals surface area contributed by atoms with Crippen LogP contribution in [0.5, 0.6) is 0 Å². The van der Waals surface area contributed by atoms with E-state index in [4.69, 9.17) is 11.6 Å². The van der Waals surface area contributed by atoms with E-state index < -0.39 is 57.7 Å². The molecule has 2 saturated heterocycles. The van der Waals surface area contributed by atoms with Crippen LogP contribution in [0.3, 0.4) is 0 Å². The minimum absolute atomic E-state index is 0.0636. The smallest absolute Gasteiger partial charge is 0.405 e. The van der Waals surface area contributed by atoms with Crippen LogP contribution in [0, 0.1) is 11.7 Å². The number of alkyl halides is 2. The minimum Gasteiger partial charge on any atom is -0.465 e. The van der Waals surface area contributed by atoms with E-state index in [-0.39, 0.29) is 55.1 Å². The fraction of sp³-hybridized carbons (Fsp3) is 0.548. The van der Waals surface area contributed by atoms with Crippen LogP contribution in [0.4, 0.5) is 23.7 Å². The van der Waals surface area contributed by atoms with Crippen LogP contribution in [-0.2, 0) is 21.2 Å². The van der Waals surface area contributed by atoms with Gasteiger partial charge in [-0.3, -0.25) is 4.79 Å². The number of benzene rings is 2. The molecule has 3 aliphatic rings. The van der Waals surface area contributed by atoms with Crippen LogP contribution < -0.4 is 16.0 Å². The van der Waals surface area contributed by atoms with Crippen molar-refractivity contribution in [3.8, 4) is 0 Å². The highest BCUT2D eigenvalue weighted by Gasteiger charge is 2.43. The summed E-state index contributed by atoms with van der Waals surface area (Å²) in [6.07, 6.45) is -0.364. The lowest BCUT2D eigenvalue weighted by molar-refractivity contribution is -0.119. The average molecular weight is 671 g/mol. The first-order valence-electron chi connectivity index (χ1n) is 15.3. The number of carbonyl (C=O) groups excluding carboxylic acids is 1. The number of fused-ring (bicyclic) bond motifs is 2. The lowest BCUT2D eigenvalue weighted by Gasteiger charge is -2.38. The van der Waals surface area contributed by atoms with E-state index in [0.717, 1.165) is 6.42 Å². The Morgan fingerprint density at radius 2 is 1.82 bits per heavy atom. The predicted molar refractivity (Wildman–Crippen MR) is 165 cm³/mol. The maximum atomic E-state index is 15.3. The number of hydrogen-bond acceptors (Lipinski definition) is 5. The van der Waals surface area contributed by atoms with Crippen molar-refractivity contribution >= 4 is 39.3 Å². The molecule has 1 aliphatic carbocycles. The van der Waals surface area contributed by atoms with Gasteiger partial charge in [0.1, 0.15) is 11.9 Å². The quantitative estimate of drug-likeness (QED) is 0.285. The van der Waals surface area contributed by atoms with Crippen LogP contribution in [0.1, 0.15) is 62.0 Å². The molecule has 1 saturated carbocycles. The molecular weight excluding hydrogens is 633 g/mol. The SMILES string of the molecule is O=C(O)NC(C(=O)Nc1cccc(F)c1CCC1CNC2CCCS(=O)(=O)N1C2)C(c1ccc(Cl)cc1)C1CCC(F)(F)CC1. The molecule has 3 fully saturated rings. The summed E-state index contributed by atoms with van der Waals surface area (Å²) in [5.74, 6) is -5.39. The Labute approximate surface area is 265 Å². The summed E-state index contributed by atoms with van der Waals surface area (Å²) in [5.41, 5.74) is 0.849. The van der Waals surface area contributed by atoms with Crippen LogP contribution in [0.15, 0.2) is 42.5 Å². The van der Waals surface area contributed by atoms with E-state index in [1.165, 1.54) is 22.5 Å². The average Bonchev–Trinajstić information content (AvgIpc) is 3.09. The Morgan fingerprint density at radius 1 is 1.11 bits per heavy atom. The van der Waals surface area contributed by atoms with E-state index in [9.17, 15) is 31.9 Å². The minimum atomic E-state index is -3.45. The molecule has 2 heterocycles. The third-order valence-electron chi connectivity index (χ3n) is 9.31. The first-order valence-corrected chi connectivity index (χ1v) is 17.3. The van der Waals surface area contributed by atoms with Crippen molar-refractivity contribution in [2.24, 2.45) is 5.92 Å². The molecule has 0 aromatic heterocycles. The third kappa shape index (κ3) is 8.11. The standard InChI is InChI=1S/C31H38ClF3N4O5S/c32-21-8-6-19(7-9-21)27(20-12-14-31(34,35)15-13-20)28(38-30(41)42)29(40)37-26-5-1-4-25(33)24(26)11-10-23-17-36-22-3-2-16-45(43,44)39(23)18-22/h1,4-9,20,22-23,27-28,36,38H,2-3,10-18H2,(H,37,40)(H,41,42). The number of hydrogen-bond donors (Lipinski definition) is 4. The largest absolute Gasteiger partial charge is 0.465 e. The highest BCUT2D eigenvalue weighted by molar-refractivity contribution is 7.89. The molecule has 0 radical (unpaired) electrons. The number of rotatable bonds is 9. The number of sulfonamides is 1. The maximum absolute atomic E-state index is 15.3. The van der Waals surface area contributed by atoms with Crippen molar-refractivity contribution in [2.75, 3.05) is 24.2 Å². The normalized spacial score (nSPS) is 25.8. The second-order valence-corrected chi connectivity index (χ2v) is 14.8. The molecule has 2 aromatic rings. The number of carbonyl (C=O) groups is 2. The van der Waals surface area contributed by atoms with E-state index in [1.807, 2.05) is 0 Å². The predicted octanol–water partition coefficient (Wildman–Crippen LogP) is 5.36. The first kappa shape index (κ1) is 33.5. The molecule has 2 aromatic carbocycles. The summed E-state index contributed by atoms with van der Waals surface area (Å²) >= 11 is 6.08. The second kappa shape index (κ2) is 13.9. The summed E-state index contributed by atoms with van der Waals surface area (Å²) in [6.45, 7) is 0.781. The van der Waals surface area contributed by atoms with Gasteiger partial charge < -0.3 is 21.1 Å². The van der Waals surface area contributed by atoms with Crippen molar-refractivity contribution in [3.63, 3.8) is 0 Å². The van der Waals surface area contributed by atoms with Crippen LogP contribution in [0.25, 0.3) is 0 Å². The van der Waals surface area contributed by atoms with Gasteiger partial charge in [0.15, 0.2) is 0 Å². The molecule has 45 heavy (non-hydrogen) atoms. The van der Waals surface area contributed by atoms with Gasteiger partial charge in [-0.2, -0.15) is 4.31 Å². The fourth-order valence-electron chi connectivity index (χ4n) is 6.99. The van der Waals surface area contributed by atoms with Gasteiger partial charge in [0.2, 0.25) is 21.9 Å². The highest BCUT2D eigenvalue weighted by Crippen LogP contribution is 2.44. The van der Waals surface area contributed by atoms with Crippen molar-refractivity contribution < 1.29 is 36.3 Å². The summed E-state index contributed by atoms with van der Waals surface area (Å²) in [6, 6.07) is 8.94. The zero-order valence-corrected chi connectivity index (χ0v) is 26.2. The van der Waals surface area contributed by atoms with Crippen molar-refractivity contribution in [2.45, 2.75) is 81.3 Å². The van der Waals surface area contributed by atoms with Gasteiger partial charge in [0.25, 0.3) is 0 Å². The molecule has 0 spiro atoms. The number of nitrogens with zero attached hydrogens (tertiary/aromatic N) is 1. The van der Waals surface area contributed by atoms with Crippen molar-refractivity contribution in [3.05, 3.63) is 64.4 Å². The van der Waals surface area contributed by atoms with Gasteiger partial charge in [-0.1, -0.05) is 29.8 Å². The molecule has 2 aliphatic heterocycles. The molecule has 5 atom stereocenters. The molecular formula is C31H38ClF3N4O5S. The Bertz CT molecular complexity index is 1490. The van der Waals surface area contributed by atoms with Gasteiger partial charge in [-0.15, -0.1) is 0 Å². The number of halogens is 4. The molecule has 2 bridgehead atoms. The molecule has 5 rings (SSSR count). The summed E-state index contributed by atoms with van der Waals surface area (Å²) < 4.78 is 70.8. The van der Waals surface area contributed by atoms with Gasteiger partial charge in [0, 0.05) is 60.2 Å². The molecule has 4 N–H and O–H groups in total. The number of anilines is 1. The molecule has 246 valence electrons. The number of piperazine rings is 1. The van der Waals surface area contributed by atoms with E-state index in [1.54, 1.807) is 24.3 Å². The van der Waals surface area contributed by atoms with E-state index in [2.05, 4.69) is 16.0 Å². The molecule has 5 unspecified atom stereocenters. The lowest BCUT2D eigenvalue weighted by Crippen LogP contribution is -2.57. The number of nitrogens with one attached hydrogen (secondary N) is 3. The van der Waals surface area contributed by atoms with Crippen molar-refractivity contribution in [1.29, 1.82) is 0 Å². The third-order valence-corrected chi connectivity index (χ3v) is 11.5. The highest BCUT2D eigenvalue weighted by atomic mass is 35.5. The first-order chi connectivity index (χ1) is 21.3. The monoisotopic (exact) mass is 670 g/mol. The molecule has 2 amide bonds. The van der Waals surface area contributed by atoms with Gasteiger partial charge in [0.05, 0.1) is 5.75 Å². The van der Waals surface area contributed by atoms with E-state index >= 15 is 4.39 Å². The Kier molecular flexibility index (Phi) is 10.3. The number of amides is 2. The zero-order valence-electron chi connectivity index (χ0n) is 24.7. The Hall–Kier alpha value is -2.87. The van der Waals surface area contributed by atoms with Gasteiger partial charge in [-0.25, -0.2) is 26.4 Å². The van der Waals surface area contributed by atoms with Crippen LogP contribution >= 0.6 is 11.6 Å². The summed E-state index contributed by atoms with van der Waals surface area (Å²) in [7, 11) is -3.45. The van der Waals surface area contributed by atoms with Crippen molar-refractivity contribution in [1.82, 2.24) is 14.9 Å². The maximum Gasteiger partial charge on any atom is 0.405 e. The van der Waals surface area contributed by atoms with Crippen LogP contribution in [-0.4, -0.2) is 72.7 Å². The molecule has 9 nitrogen and oxygen atoms in total. The molecule has 14 heteroatoms. The second-order valence-electron chi connectivity index (χ2n) is 12.3. The van der Waals surface area contributed by atoms with Gasteiger partial charge >= 0.3 is 6.09 Å². The van der Waals surface area contributed by atoms with Gasteiger partial charge in [-0.05, 0) is 74.3 Å². The Balaban J connectivity index is 1.40. The topological polar surface area (TPSA) is 128 Å². The van der Waals surface area contributed by atoms with E-state index in [0.29, 0.717) is 36.5 Å². The zero-order chi connectivity index (χ0) is 32.4. The number of carboxylic acid groups (broad SMARTS) is 1. The van der Waals surface area contributed by atoms with Crippen LogP contribution in [0.2, 0.25) is 5.02 Å².